The molecule has 3 atom stereocenters. The van der Waals surface area contributed by atoms with Crippen LogP contribution in [-0.2, 0) is 0 Å². The lowest BCUT2D eigenvalue weighted by atomic mass is 9.48. The number of fused-ring (bicyclic) bond motifs is 1. The molecule has 2 aliphatic carbocycles. The number of hydrogen-bond donors (Lipinski definition) is 0. The summed E-state index contributed by atoms with van der Waals surface area (Å²) in [4.78, 5) is 12.6. The topological polar surface area (TPSA) is 30.2 Å². The Morgan fingerprint density at radius 1 is 1.32 bits per heavy atom. The average molecular weight is 300 g/mol. The van der Waals surface area contributed by atoms with E-state index in [2.05, 4.69) is 33.8 Å². The largest absolute Gasteiger partial charge is 0.472 e. The van der Waals surface area contributed by atoms with Gasteiger partial charge in [-0.2, -0.15) is 0 Å². The monoisotopic (exact) mass is 300 g/mol. The van der Waals surface area contributed by atoms with Gasteiger partial charge in [-0.3, -0.25) is 4.79 Å². The molecule has 2 heteroatoms. The van der Waals surface area contributed by atoms with Crippen molar-refractivity contribution >= 4 is 5.78 Å². The van der Waals surface area contributed by atoms with Gasteiger partial charge in [-0.15, -0.1) is 0 Å². The van der Waals surface area contributed by atoms with Crippen molar-refractivity contribution in [1.29, 1.82) is 0 Å². The molecule has 1 aromatic rings. The Morgan fingerprint density at radius 2 is 2.09 bits per heavy atom. The van der Waals surface area contributed by atoms with Crippen molar-refractivity contribution in [2.24, 2.45) is 22.7 Å². The molecule has 0 unspecified atom stereocenters. The Balaban J connectivity index is 1.90. The molecule has 1 fully saturated rings. The molecule has 0 N–H and O–H groups in total. The molecule has 22 heavy (non-hydrogen) atoms. The van der Waals surface area contributed by atoms with E-state index in [0.29, 0.717) is 29.2 Å². The van der Waals surface area contributed by atoms with Gasteiger partial charge in [-0.1, -0.05) is 38.8 Å². The van der Waals surface area contributed by atoms with Crippen LogP contribution in [0.4, 0.5) is 0 Å². The number of Topliss-reactive ketones (excluding diaryl/α,β-unsaturated/α-hetero) is 1. The van der Waals surface area contributed by atoms with E-state index in [-0.39, 0.29) is 11.2 Å². The summed E-state index contributed by atoms with van der Waals surface area (Å²) in [5.74, 6) is 1.27. The third-order valence-electron chi connectivity index (χ3n) is 6.53. The first-order chi connectivity index (χ1) is 10.3. The van der Waals surface area contributed by atoms with Crippen LogP contribution in [0.1, 0.15) is 70.2 Å². The highest BCUT2D eigenvalue weighted by Gasteiger charge is 2.52. The molecule has 2 aliphatic rings. The first-order valence-electron chi connectivity index (χ1n) is 8.56. The van der Waals surface area contributed by atoms with E-state index in [9.17, 15) is 4.79 Å². The Labute approximate surface area is 134 Å². The number of carbonyl (C=O) groups is 1. The van der Waals surface area contributed by atoms with Crippen LogP contribution in [0.25, 0.3) is 0 Å². The summed E-state index contributed by atoms with van der Waals surface area (Å²) in [6.45, 7) is 9.48. The zero-order valence-corrected chi connectivity index (χ0v) is 14.3. The molecular weight excluding hydrogens is 272 g/mol. The summed E-state index contributed by atoms with van der Waals surface area (Å²) in [7, 11) is 0. The van der Waals surface area contributed by atoms with Gasteiger partial charge in [0, 0.05) is 6.42 Å². The lowest BCUT2D eigenvalue weighted by Gasteiger charge is -2.56. The standard InChI is InChI=1S/C20H28O2/c1-14-6-7-18-19(2,3)9-5-10-20(18,4)16(14)12-17(21)15-8-11-22-13-15/h6,8,11,13,16,18H,5,7,9-10,12H2,1-4H3/t16-,18-,20+/m0/s1. The van der Waals surface area contributed by atoms with E-state index in [0.717, 1.165) is 0 Å². The fourth-order valence-corrected chi connectivity index (χ4v) is 5.26. The highest BCUT2D eigenvalue weighted by atomic mass is 16.3. The fourth-order valence-electron chi connectivity index (χ4n) is 5.26. The van der Waals surface area contributed by atoms with Gasteiger partial charge in [0.1, 0.15) is 6.26 Å². The molecule has 0 amide bonds. The summed E-state index contributed by atoms with van der Waals surface area (Å²) in [6, 6.07) is 1.79. The number of carbonyl (C=O) groups excluding carboxylic acids is 1. The van der Waals surface area contributed by atoms with Crippen molar-refractivity contribution in [3.63, 3.8) is 0 Å². The molecule has 2 nitrogen and oxygen atoms in total. The second-order valence-electron chi connectivity index (χ2n) is 8.28. The molecule has 0 aromatic carbocycles. The van der Waals surface area contributed by atoms with Crippen molar-refractivity contribution in [3.05, 3.63) is 35.8 Å². The van der Waals surface area contributed by atoms with Gasteiger partial charge in [-0.25, -0.2) is 0 Å². The number of ketones is 1. The van der Waals surface area contributed by atoms with Crippen LogP contribution in [0.2, 0.25) is 0 Å². The van der Waals surface area contributed by atoms with E-state index in [1.807, 2.05) is 0 Å². The van der Waals surface area contributed by atoms with Crippen LogP contribution in [0.15, 0.2) is 34.7 Å². The normalized spacial score (nSPS) is 33.9. The Bertz CT molecular complexity index is 579. The number of allylic oxidation sites excluding steroid dienone is 2. The fraction of sp³-hybridized carbons (Fsp3) is 0.650. The van der Waals surface area contributed by atoms with E-state index in [4.69, 9.17) is 4.42 Å². The quantitative estimate of drug-likeness (QED) is 0.533. The highest BCUT2D eigenvalue weighted by molar-refractivity contribution is 5.96. The number of rotatable bonds is 3. The summed E-state index contributed by atoms with van der Waals surface area (Å²) in [5, 5.41) is 0. The van der Waals surface area contributed by atoms with Crippen LogP contribution in [-0.4, -0.2) is 5.78 Å². The van der Waals surface area contributed by atoms with E-state index < -0.39 is 0 Å². The van der Waals surface area contributed by atoms with Crippen LogP contribution in [0, 0.1) is 22.7 Å². The molecule has 0 bridgehead atoms. The smallest absolute Gasteiger partial charge is 0.166 e. The predicted molar refractivity (Wildman–Crippen MR) is 88.7 cm³/mol. The summed E-state index contributed by atoms with van der Waals surface area (Å²) in [5.41, 5.74) is 2.75. The molecule has 1 saturated carbocycles. The maximum atomic E-state index is 12.6. The average Bonchev–Trinajstić information content (AvgIpc) is 2.96. The third kappa shape index (κ3) is 2.47. The van der Waals surface area contributed by atoms with Crippen molar-refractivity contribution in [2.75, 3.05) is 0 Å². The second kappa shape index (κ2) is 5.40. The Hall–Kier alpha value is -1.31. The highest BCUT2D eigenvalue weighted by Crippen LogP contribution is 2.60. The number of hydrogen-bond acceptors (Lipinski definition) is 2. The van der Waals surface area contributed by atoms with Crippen molar-refractivity contribution in [1.82, 2.24) is 0 Å². The SMILES string of the molecule is CC1=CC[C@H]2C(C)(C)CCC[C@]2(C)[C@H]1CC(=O)c1ccoc1. The Morgan fingerprint density at radius 3 is 2.77 bits per heavy atom. The van der Waals surface area contributed by atoms with E-state index in [1.54, 1.807) is 18.6 Å². The van der Waals surface area contributed by atoms with Gasteiger partial charge in [0.15, 0.2) is 5.78 Å². The van der Waals surface area contributed by atoms with Gasteiger partial charge in [-0.05, 0) is 54.9 Å². The number of furan rings is 1. The van der Waals surface area contributed by atoms with Gasteiger partial charge in [0.05, 0.1) is 11.8 Å². The molecule has 1 heterocycles. The first kappa shape index (κ1) is 15.6. The molecule has 0 radical (unpaired) electrons. The lowest BCUT2D eigenvalue weighted by molar-refractivity contribution is -0.0373. The minimum Gasteiger partial charge on any atom is -0.472 e. The van der Waals surface area contributed by atoms with Crippen molar-refractivity contribution < 1.29 is 9.21 Å². The van der Waals surface area contributed by atoms with Gasteiger partial charge in [0.2, 0.25) is 0 Å². The molecule has 120 valence electrons. The zero-order valence-electron chi connectivity index (χ0n) is 14.3. The minimum absolute atomic E-state index is 0.219. The van der Waals surface area contributed by atoms with E-state index in [1.165, 1.54) is 31.3 Å². The van der Waals surface area contributed by atoms with Crippen LogP contribution in [0.5, 0.6) is 0 Å². The van der Waals surface area contributed by atoms with Gasteiger partial charge < -0.3 is 4.42 Å². The van der Waals surface area contributed by atoms with Crippen LogP contribution < -0.4 is 0 Å². The maximum absolute atomic E-state index is 12.6. The molecular formula is C20H28O2. The Kier molecular flexibility index (Phi) is 3.82. The second-order valence-corrected chi connectivity index (χ2v) is 8.28. The zero-order chi connectivity index (χ0) is 16.0. The molecule has 3 rings (SSSR count). The van der Waals surface area contributed by atoms with Crippen molar-refractivity contribution in [2.45, 2.75) is 59.8 Å². The summed E-state index contributed by atoms with van der Waals surface area (Å²) < 4.78 is 5.08. The predicted octanol–water partition coefficient (Wildman–Crippen LogP) is 5.65. The summed E-state index contributed by atoms with van der Waals surface area (Å²) >= 11 is 0. The molecule has 0 saturated heterocycles. The lowest BCUT2D eigenvalue weighted by Crippen LogP contribution is -2.48. The molecule has 0 aliphatic heterocycles. The van der Waals surface area contributed by atoms with Gasteiger partial charge >= 0.3 is 0 Å². The van der Waals surface area contributed by atoms with Gasteiger partial charge in [0.25, 0.3) is 0 Å². The maximum Gasteiger partial charge on any atom is 0.166 e. The molecule has 1 aromatic heterocycles. The van der Waals surface area contributed by atoms with Crippen LogP contribution in [0.3, 0.4) is 0 Å². The van der Waals surface area contributed by atoms with Crippen molar-refractivity contribution in [3.8, 4) is 0 Å². The van der Waals surface area contributed by atoms with E-state index >= 15 is 0 Å². The summed E-state index contributed by atoms with van der Waals surface area (Å²) in [6.07, 6.45) is 11.2. The first-order valence-corrected chi connectivity index (χ1v) is 8.56. The molecule has 0 spiro atoms. The third-order valence-corrected chi connectivity index (χ3v) is 6.53. The minimum atomic E-state index is 0.219. The van der Waals surface area contributed by atoms with Crippen LogP contribution >= 0.6 is 0 Å².